The number of hydrogen-bond acceptors (Lipinski definition) is 2. The van der Waals surface area contributed by atoms with E-state index >= 15 is 0 Å². The van der Waals surface area contributed by atoms with Crippen molar-refractivity contribution in [2.45, 2.75) is 37.8 Å². The third-order valence-corrected chi connectivity index (χ3v) is 10.9. The maximum absolute atomic E-state index is 4.16. The van der Waals surface area contributed by atoms with Gasteiger partial charge in [-0.25, -0.2) is 0 Å². The van der Waals surface area contributed by atoms with Crippen LogP contribution in [0.1, 0.15) is 25.7 Å². The summed E-state index contributed by atoms with van der Waals surface area (Å²) >= 11 is 0. The van der Waals surface area contributed by atoms with E-state index < -0.39 is 16.1 Å². The quantitative estimate of drug-likeness (QED) is 0.321. The van der Waals surface area contributed by atoms with Gasteiger partial charge in [0.15, 0.2) is 0 Å². The summed E-state index contributed by atoms with van der Waals surface area (Å²) in [7, 11) is -1.23. The van der Waals surface area contributed by atoms with Crippen LogP contribution >= 0.6 is 16.1 Å². The fourth-order valence-corrected chi connectivity index (χ4v) is 9.03. The van der Waals surface area contributed by atoms with Gasteiger partial charge in [-0.15, -0.1) is 0 Å². The van der Waals surface area contributed by atoms with E-state index in [4.69, 9.17) is 0 Å². The van der Waals surface area contributed by atoms with Crippen LogP contribution in [0.5, 0.6) is 0 Å². The molecule has 4 heteroatoms. The Morgan fingerprint density at radius 3 is 0.941 bits per heavy atom. The van der Waals surface area contributed by atoms with E-state index in [1.807, 2.05) is 0 Å². The molecule has 34 heavy (non-hydrogen) atoms. The van der Waals surface area contributed by atoms with E-state index in [2.05, 4.69) is 132 Å². The van der Waals surface area contributed by atoms with Crippen molar-refractivity contribution >= 4 is 37.4 Å². The summed E-state index contributed by atoms with van der Waals surface area (Å²) in [6.45, 7) is 0. The second-order valence-corrected chi connectivity index (χ2v) is 12.7. The summed E-state index contributed by atoms with van der Waals surface area (Å²) in [5.41, 5.74) is 0. The molecule has 2 unspecified atom stereocenters. The highest BCUT2D eigenvalue weighted by Crippen LogP contribution is 2.36. The van der Waals surface area contributed by atoms with Gasteiger partial charge in [0, 0.05) is 28.2 Å². The maximum Gasteiger partial charge on any atom is 0.0266 e. The van der Waals surface area contributed by atoms with Crippen molar-refractivity contribution in [3.05, 3.63) is 121 Å². The maximum atomic E-state index is 4.16. The van der Waals surface area contributed by atoms with Gasteiger partial charge in [0.2, 0.25) is 0 Å². The zero-order valence-corrected chi connectivity index (χ0v) is 21.2. The molecule has 172 valence electrons. The summed E-state index contributed by atoms with van der Waals surface area (Å²) < 4.78 is 0. The van der Waals surface area contributed by atoms with Crippen LogP contribution in [-0.2, 0) is 0 Å². The fraction of sp³-hybridized carbons (Fsp3) is 0.200. The third-order valence-electron chi connectivity index (χ3n) is 6.41. The molecular formula is C30H32N2P2. The first kappa shape index (κ1) is 23.4. The molecule has 5 rings (SSSR count). The van der Waals surface area contributed by atoms with E-state index in [0.717, 1.165) is 0 Å². The number of nitrogens with one attached hydrogen (secondary N) is 2. The zero-order valence-electron chi connectivity index (χ0n) is 19.4. The molecule has 0 bridgehead atoms. The van der Waals surface area contributed by atoms with Crippen LogP contribution in [0.2, 0.25) is 0 Å². The van der Waals surface area contributed by atoms with Gasteiger partial charge in [-0.05, 0) is 34.1 Å². The molecule has 1 saturated carbocycles. The van der Waals surface area contributed by atoms with Crippen LogP contribution in [0.3, 0.4) is 0 Å². The van der Waals surface area contributed by atoms with Gasteiger partial charge in [-0.2, -0.15) is 0 Å². The van der Waals surface area contributed by atoms with Crippen molar-refractivity contribution in [2.24, 2.45) is 0 Å². The first-order valence-electron chi connectivity index (χ1n) is 12.2. The highest BCUT2D eigenvalue weighted by Gasteiger charge is 2.30. The lowest BCUT2D eigenvalue weighted by molar-refractivity contribution is 0.351. The minimum Gasteiger partial charge on any atom is -0.284 e. The Labute approximate surface area is 206 Å². The van der Waals surface area contributed by atoms with Crippen LogP contribution in [0, 0.1) is 0 Å². The van der Waals surface area contributed by atoms with Crippen molar-refractivity contribution in [1.82, 2.24) is 10.2 Å². The molecule has 2 N–H and O–H groups in total. The molecule has 1 aliphatic carbocycles. The van der Waals surface area contributed by atoms with Crippen LogP contribution in [-0.4, -0.2) is 12.1 Å². The summed E-state index contributed by atoms with van der Waals surface area (Å²) in [5, 5.41) is 13.9. The van der Waals surface area contributed by atoms with Crippen molar-refractivity contribution < 1.29 is 0 Å². The van der Waals surface area contributed by atoms with Crippen LogP contribution < -0.4 is 31.4 Å². The molecule has 4 aromatic rings. The second-order valence-electron chi connectivity index (χ2n) is 8.77. The van der Waals surface area contributed by atoms with Gasteiger partial charge in [-0.3, -0.25) is 10.2 Å². The molecule has 0 aliphatic heterocycles. The van der Waals surface area contributed by atoms with Gasteiger partial charge >= 0.3 is 0 Å². The average molecular weight is 483 g/mol. The Morgan fingerprint density at radius 1 is 0.412 bits per heavy atom. The average Bonchev–Trinajstić information content (AvgIpc) is 2.93. The molecule has 1 aliphatic rings. The zero-order chi connectivity index (χ0) is 23.0. The van der Waals surface area contributed by atoms with Crippen LogP contribution in [0.4, 0.5) is 0 Å². The van der Waals surface area contributed by atoms with Crippen molar-refractivity contribution in [2.75, 3.05) is 0 Å². The summed E-state index contributed by atoms with van der Waals surface area (Å²) in [4.78, 5) is 0. The monoisotopic (exact) mass is 482 g/mol. The Balaban J connectivity index is 1.43. The minimum atomic E-state index is -0.617. The predicted octanol–water partition coefficient (Wildman–Crippen LogP) is 5.57. The van der Waals surface area contributed by atoms with Crippen molar-refractivity contribution in [3.63, 3.8) is 0 Å². The van der Waals surface area contributed by atoms with E-state index in [0.29, 0.717) is 12.1 Å². The van der Waals surface area contributed by atoms with E-state index in [9.17, 15) is 0 Å². The van der Waals surface area contributed by atoms with E-state index in [1.54, 1.807) is 0 Å². The minimum absolute atomic E-state index is 0.442. The van der Waals surface area contributed by atoms with Crippen molar-refractivity contribution in [3.8, 4) is 0 Å². The molecule has 1 fully saturated rings. The fourth-order valence-electron chi connectivity index (χ4n) is 4.68. The van der Waals surface area contributed by atoms with Gasteiger partial charge < -0.3 is 0 Å². The summed E-state index contributed by atoms with van der Waals surface area (Å²) in [6, 6.07) is 44.8. The Bertz CT molecular complexity index is 952. The molecule has 0 heterocycles. The number of benzene rings is 4. The van der Waals surface area contributed by atoms with E-state index in [1.165, 1.54) is 46.9 Å². The lowest BCUT2D eigenvalue weighted by atomic mass is 9.92. The molecule has 2 nitrogen and oxygen atoms in total. The molecule has 2 atom stereocenters. The van der Waals surface area contributed by atoms with Gasteiger partial charge in [-0.1, -0.05) is 134 Å². The molecule has 0 amide bonds. The lowest BCUT2D eigenvalue weighted by Crippen LogP contribution is -2.49. The topological polar surface area (TPSA) is 24.1 Å². The molecule has 0 radical (unpaired) electrons. The van der Waals surface area contributed by atoms with Crippen LogP contribution in [0.15, 0.2) is 121 Å². The first-order chi connectivity index (χ1) is 16.9. The largest absolute Gasteiger partial charge is 0.284 e. The standard InChI is InChI=1S/C30H32N2P2/c1-5-15-25(16-6-1)33(26-17-7-2-8-18-26)31-29-23-13-14-24-30(29)32-34(27-19-9-3-10-20-27)28-21-11-4-12-22-28/h1-12,15-22,29-32H,13-14,23-24H2. The van der Waals surface area contributed by atoms with Crippen LogP contribution in [0.25, 0.3) is 0 Å². The Morgan fingerprint density at radius 2 is 0.676 bits per heavy atom. The molecular weight excluding hydrogens is 450 g/mol. The highest BCUT2D eigenvalue weighted by atomic mass is 31.1. The normalized spacial score (nSPS) is 18.3. The number of hydrogen-bond donors (Lipinski definition) is 2. The number of rotatable bonds is 8. The highest BCUT2D eigenvalue weighted by molar-refractivity contribution is 7.71. The second kappa shape index (κ2) is 11.9. The Hall–Kier alpha value is -2.34. The molecule has 0 spiro atoms. The van der Waals surface area contributed by atoms with Gasteiger partial charge in [0.1, 0.15) is 0 Å². The predicted molar refractivity (Wildman–Crippen MR) is 150 cm³/mol. The van der Waals surface area contributed by atoms with Gasteiger partial charge in [0.25, 0.3) is 0 Å². The molecule has 0 aromatic heterocycles. The summed E-state index contributed by atoms with van der Waals surface area (Å²) in [5.74, 6) is 0. The van der Waals surface area contributed by atoms with Gasteiger partial charge in [0.05, 0.1) is 0 Å². The van der Waals surface area contributed by atoms with E-state index in [-0.39, 0.29) is 0 Å². The first-order valence-corrected chi connectivity index (χ1v) is 14.9. The molecule has 4 aromatic carbocycles. The molecule has 0 saturated heterocycles. The smallest absolute Gasteiger partial charge is 0.0266 e. The summed E-state index contributed by atoms with van der Waals surface area (Å²) in [6.07, 6.45) is 5.00. The SMILES string of the molecule is c1ccc(P(NC2CCCCC2NP(c2ccccc2)c2ccccc2)c2ccccc2)cc1. The third kappa shape index (κ3) is 5.83. The Kier molecular flexibility index (Phi) is 8.17. The van der Waals surface area contributed by atoms with Crippen molar-refractivity contribution in [1.29, 1.82) is 0 Å². The lowest BCUT2D eigenvalue weighted by Gasteiger charge is -2.38.